The van der Waals surface area contributed by atoms with E-state index in [-0.39, 0.29) is 5.91 Å². The molecule has 1 aromatic rings. The van der Waals surface area contributed by atoms with Crippen molar-refractivity contribution in [1.29, 1.82) is 0 Å². The molecule has 2 N–H and O–H groups in total. The number of nitrogen functional groups attached to an aromatic ring is 1. The monoisotopic (exact) mass is 296 g/mol. The number of benzene rings is 1. The van der Waals surface area contributed by atoms with Crippen LogP contribution in [0.25, 0.3) is 0 Å². The molecule has 1 aliphatic rings. The van der Waals surface area contributed by atoms with Gasteiger partial charge in [-0.3, -0.25) is 4.79 Å². The third-order valence-electron chi connectivity index (χ3n) is 3.39. The van der Waals surface area contributed by atoms with Gasteiger partial charge < -0.3 is 10.6 Å². The molecule has 1 aromatic carbocycles. The molecule has 1 saturated heterocycles. The van der Waals surface area contributed by atoms with Crippen molar-refractivity contribution >= 4 is 27.5 Å². The van der Waals surface area contributed by atoms with E-state index in [1.165, 1.54) is 0 Å². The first-order chi connectivity index (χ1) is 8.11. The lowest BCUT2D eigenvalue weighted by atomic mass is 10.1. The first-order valence-electron chi connectivity index (χ1n) is 5.96. The molecule has 4 heteroatoms. The molecule has 3 nitrogen and oxygen atoms in total. The van der Waals surface area contributed by atoms with Gasteiger partial charge in [0.15, 0.2) is 0 Å². The predicted octanol–water partition coefficient (Wildman–Crippen LogP) is 2.90. The van der Waals surface area contributed by atoms with Gasteiger partial charge >= 0.3 is 0 Å². The van der Waals surface area contributed by atoms with Crippen molar-refractivity contribution < 1.29 is 4.79 Å². The van der Waals surface area contributed by atoms with Crippen LogP contribution in [0.1, 0.15) is 30.1 Å². The zero-order chi connectivity index (χ0) is 12.4. The van der Waals surface area contributed by atoms with Crippen LogP contribution >= 0.6 is 15.9 Å². The molecule has 17 heavy (non-hydrogen) atoms. The molecule has 1 atom stereocenters. The lowest BCUT2D eigenvalue weighted by Gasteiger charge is -2.16. The van der Waals surface area contributed by atoms with E-state index in [0.29, 0.717) is 17.2 Å². The average Bonchev–Trinajstić information content (AvgIpc) is 2.80. The molecular formula is C13H17BrN2O. The Morgan fingerprint density at radius 3 is 2.94 bits per heavy atom. The number of rotatable bonds is 2. The zero-order valence-corrected chi connectivity index (χ0v) is 11.5. The largest absolute Gasteiger partial charge is 0.398 e. The van der Waals surface area contributed by atoms with Gasteiger partial charge in [0.2, 0.25) is 0 Å². The highest BCUT2D eigenvalue weighted by molar-refractivity contribution is 9.10. The summed E-state index contributed by atoms with van der Waals surface area (Å²) in [6.07, 6.45) is 2.26. The highest BCUT2D eigenvalue weighted by atomic mass is 79.9. The van der Waals surface area contributed by atoms with E-state index in [1.54, 1.807) is 6.07 Å². The first kappa shape index (κ1) is 12.4. The minimum absolute atomic E-state index is 0.0974. The van der Waals surface area contributed by atoms with Crippen molar-refractivity contribution in [2.45, 2.75) is 19.8 Å². The number of nitrogens with zero attached hydrogens (tertiary/aromatic N) is 1. The fourth-order valence-corrected chi connectivity index (χ4v) is 2.46. The fraction of sp³-hybridized carbons (Fsp3) is 0.462. The Morgan fingerprint density at radius 2 is 2.35 bits per heavy atom. The molecule has 1 fully saturated rings. The molecule has 0 saturated carbocycles. The summed E-state index contributed by atoms with van der Waals surface area (Å²) < 4.78 is 0.835. The first-order valence-corrected chi connectivity index (χ1v) is 6.75. The van der Waals surface area contributed by atoms with Crippen LogP contribution in [0.4, 0.5) is 5.69 Å². The second-order valence-corrected chi connectivity index (χ2v) is 5.40. The maximum Gasteiger partial charge on any atom is 0.253 e. The molecule has 0 spiro atoms. The smallest absolute Gasteiger partial charge is 0.253 e. The van der Waals surface area contributed by atoms with Gasteiger partial charge in [0.25, 0.3) is 5.91 Å². The summed E-state index contributed by atoms with van der Waals surface area (Å²) >= 11 is 3.33. The predicted molar refractivity (Wildman–Crippen MR) is 72.9 cm³/mol. The Kier molecular flexibility index (Phi) is 3.72. The van der Waals surface area contributed by atoms with Crippen LogP contribution in [-0.4, -0.2) is 23.9 Å². The van der Waals surface area contributed by atoms with Gasteiger partial charge in [-0.2, -0.15) is 0 Å². The second-order valence-electron chi connectivity index (χ2n) is 4.55. The summed E-state index contributed by atoms with van der Waals surface area (Å²) in [6, 6.07) is 5.39. The molecule has 1 unspecified atom stereocenters. The molecule has 0 aliphatic carbocycles. The minimum atomic E-state index is 0.0974. The number of halogens is 1. The van der Waals surface area contributed by atoms with Crippen LogP contribution in [0, 0.1) is 5.92 Å². The highest BCUT2D eigenvalue weighted by Crippen LogP contribution is 2.24. The van der Waals surface area contributed by atoms with E-state index >= 15 is 0 Å². The van der Waals surface area contributed by atoms with Gasteiger partial charge in [0.1, 0.15) is 0 Å². The van der Waals surface area contributed by atoms with Gasteiger partial charge in [-0.05, 0) is 46.5 Å². The van der Waals surface area contributed by atoms with Crippen LogP contribution in [0.5, 0.6) is 0 Å². The van der Waals surface area contributed by atoms with Gasteiger partial charge in [0, 0.05) is 28.8 Å². The molecule has 92 valence electrons. The van der Waals surface area contributed by atoms with Gasteiger partial charge in [-0.15, -0.1) is 0 Å². The summed E-state index contributed by atoms with van der Waals surface area (Å²) in [7, 11) is 0. The number of nitrogens with two attached hydrogens (primary N) is 1. The Hall–Kier alpha value is -1.03. The van der Waals surface area contributed by atoms with Crippen LogP contribution in [0.2, 0.25) is 0 Å². The van der Waals surface area contributed by atoms with Gasteiger partial charge in [0.05, 0.1) is 0 Å². The SMILES string of the molecule is CCC1CCN(C(=O)c2ccc(Br)c(N)c2)C1. The summed E-state index contributed by atoms with van der Waals surface area (Å²) in [5.41, 5.74) is 7.09. The number of hydrogen-bond acceptors (Lipinski definition) is 2. The number of anilines is 1. The van der Waals surface area contributed by atoms with E-state index in [2.05, 4.69) is 22.9 Å². The molecule has 2 rings (SSSR count). The molecule has 0 bridgehead atoms. The minimum Gasteiger partial charge on any atom is -0.398 e. The summed E-state index contributed by atoms with van der Waals surface area (Å²) in [5.74, 6) is 0.756. The Labute approximate surface area is 110 Å². The summed E-state index contributed by atoms with van der Waals surface area (Å²) in [5, 5.41) is 0. The van der Waals surface area contributed by atoms with Crippen molar-refractivity contribution in [2.24, 2.45) is 5.92 Å². The van der Waals surface area contributed by atoms with Crippen molar-refractivity contribution in [3.63, 3.8) is 0 Å². The summed E-state index contributed by atoms with van der Waals surface area (Å²) in [6.45, 7) is 3.93. The van der Waals surface area contributed by atoms with E-state index in [1.807, 2.05) is 17.0 Å². The zero-order valence-electron chi connectivity index (χ0n) is 9.95. The Bertz CT molecular complexity index is 433. The third kappa shape index (κ3) is 2.63. The molecule has 1 amide bonds. The molecule has 1 aliphatic heterocycles. The van der Waals surface area contributed by atoms with Crippen LogP contribution in [-0.2, 0) is 0 Å². The van der Waals surface area contributed by atoms with E-state index in [0.717, 1.165) is 30.4 Å². The molecule has 0 aromatic heterocycles. The summed E-state index contributed by atoms with van der Waals surface area (Å²) in [4.78, 5) is 14.2. The normalized spacial score (nSPS) is 19.6. The second kappa shape index (κ2) is 5.08. The number of amides is 1. The van der Waals surface area contributed by atoms with Gasteiger partial charge in [-0.1, -0.05) is 13.3 Å². The van der Waals surface area contributed by atoms with Crippen LogP contribution in [0.3, 0.4) is 0 Å². The quantitative estimate of drug-likeness (QED) is 0.853. The molecule has 0 radical (unpaired) electrons. The number of carbonyl (C=O) groups is 1. The van der Waals surface area contributed by atoms with Crippen molar-refractivity contribution in [3.05, 3.63) is 28.2 Å². The number of likely N-dealkylation sites (tertiary alicyclic amines) is 1. The molecular weight excluding hydrogens is 280 g/mol. The van der Waals surface area contributed by atoms with E-state index in [9.17, 15) is 4.79 Å². The Morgan fingerprint density at radius 1 is 1.59 bits per heavy atom. The van der Waals surface area contributed by atoms with Gasteiger partial charge in [-0.25, -0.2) is 0 Å². The Balaban J connectivity index is 2.12. The van der Waals surface area contributed by atoms with E-state index < -0.39 is 0 Å². The lowest BCUT2D eigenvalue weighted by Crippen LogP contribution is -2.28. The standard InChI is InChI=1S/C13H17BrN2O/c1-2-9-5-6-16(8-9)13(17)10-3-4-11(14)12(15)7-10/h3-4,7,9H,2,5-6,8,15H2,1H3. The average molecular weight is 297 g/mol. The molecule has 1 heterocycles. The number of carbonyl (C=O) groups excluding carboxylic acids is 1. The fourth-order valence-electron chi connectivity index (χ4n) is 2.21. The van der Waals surface area contributed by atoms with Crippen LogP contribution < -0.4 is 5.73 Å². The maximum absolute atomic E-state index is 12.2. The highest BCUT2D eigenvalue weighted by Gasteiger charge is 2.25. The maximum atomic E-state index is 12.2. The number of hydrogen-bond donors (Lipinski definition) is 1. The van der Waals surface area contributed by atoms with Crippen molar-refractivity contribution in [1.82, 2.24) is 4.90 Å². The van der Waals surface area contributed by atoms with E-state index in [4.69, 9.17) is 5.73 Å². The third-order valence-corrected chi connectivity index (χ3v) is 4.12. The lowest BCUT2D eigenvalue weighted by molar-refractivity contribution is 0.0787. The van der Waals surface area contributed by atoms with Crippen LogP contribution in [0.15, 0.2) is 22.7 Å². The van der Waals surface area contributed by atoms with Crippen molar-refractivity contribution in [2.75, 3.05) is 18.8 Å². The van der Waals surface area contributed by atoms with Crippen molar-refractivity contribution in [3.8, 4) is 0 Å². The topological polar surface area (TPSA) is 46.3 Å².